The number of hydrogen-bond acceptors (Lipinski definition) is 1. The number of halogens is 1. The number of hydrogen-bond donors (Lipinski definition) is 1. The fraction of sp³-hybridized carbons (Fsp3) is 0.133. The summed E-state index contributed by atoms with van der Waals surface area (Å²) < 4.78 is 13.1. The molecule has 0 saturated heterocycles. The highest BCUT2D eigenvalue weighted by Gasteiger charge is 2.10. The molecule has 0 fully saturated rings. The molecule has 4 heteroatoms. The van der Waals surface area contributed by atoms with Crippen molar-refractivity contribution in [3.8, 4) is 0 Å². The van der Waals surface area contributed by atoms with Gasteiger partial charge in [0.05, 0.1) is 0 Å². The first-order valence-electron chi connectivity index (χ1n) is 5.98. The van der Waals surface area contributed by atoms with Crippen molar-refractivity contribution in [1.82, 2.24) is 5.32 Å². The van der Waals surface area contributed by atoms with E-state index < -0.39 is 0 Å². The molecule has 2 rings (SSSR count). The van der Waals surface area contributed by atoms with Gasteiger partial charge in [-0.1, -0.05) is 36.4 Å². The van der Waals surface area contributed by atoms with Crippen molar-refractivity contribution in [2.75, 3.05) is 11.9 Å². The van der Waals surface area contributed by atoms with Crippen LogP contribution in [0.4, 0.5) is 14.9 Å². The van der Waals surface area contributed by atoms with Gasteiger partial charge >= 0.3 is 6.03 Å². The monoisotopic (exact) mass is 258 g/mol. The lowest BCUT2D eigenvalue weighted by molar-refractivity contribution is 0.247. The number of nitrogens with zero attached hydrogens (tertiary/aromatic N) is 1. The van der Waals surface area contributed by atoms with E-state index in [0.717, 1.165) is 5.56 Å². The van der Waals surface area contributed by atoms with Crippen molar-refractivity contribution in [2.24, 2.45) is 0 Å². The molecule has 0 aliphatic carbocycles. The quantitative estimate of drug-likeness (QED) is 0.901. The van der Waals surface area contributed by atoms with E-state index in [4.69, 9.17) is 0 Å². The highest BCUT2D eigenvalue weighted by atomic mass is 19.1. The highest BCUT2D eigenvalue weighted by Crippen LogP contribution is 2.13. The predicted molar refractivity (Wildman–Crippen MR) is 73.5 cm³/mol. The Bertz CT molecular complexity index is 557. The van der Waals surface area contributed by atoms with Crippen molar-refractivity contribution >= 4 is 11.7 Å². The van der Waals surface area contributed by atoms with Gasteiger partial charge in [0, 0.05) is 19.3 Å². The molecule has 0 radical (unpaired) electrons. The Kier molecular flexibility index (Phi) is 4.13. The first kappa shape index (κ1) is 13.1. The van der Waals surface area contributed by atoms with E-state index in [1.54, 1.807) is 19.2 Å². The molecule has 0 saturated carbocycles. The van der Waals surface area contributed by atoms with E-state index in [2.05, 4.69) is 5.32 Å². The average molecular weight is 258 g/mol. The molecule has 0 spiro atoms. The minimum Gasteiger partial charge on any atom is -0.334 e. The van der Waals surface area contributed by atoms with Crippen LogP contribution in [0, 0.1) is 5.82 Å². The summed E-state index contributed by atoms with van der Waals surface area (Å²) in [7, 11) is 1.61. The van der Waals surface area contributed by atoms with Crippen LogP contribution in [-0.4, -0.2) is 13.1 Å². The molecule has 0 bridgehead atoms. The Morgan fingerprint density at radius 1 is 1.16 bits per heavy atom. The molecule has 19 heavy (non-hydrogen) atoms. The van der Waals surface area contributed by atoms with Gasteiger partial charge in [0.1, 0.15) is 5.82 Å². The van der Waals surface area contributed by atoms with E-state index in [1.165, 1.54) is 17.0 Å². The van der Waals surface area contributed by atoms with E-state index >= 15 is 0 Å². The molecule has 0 aliphatic heterocycles. The highest BCUT2D eigenvalue weighted by molar-refractivity contribution is 5.91. The maximum atomic E-state index is 13.1. The fourth-order valence-corrected chi connectivity index (χ4v) is 1.69. The molecule has 2 aromatic rings. The number of rotatable bonds is 3. The van der Waals surface area contributed by atoms with E-state index in [1.807, 2.05) is 30.3 Å². The van der Waals surface area contributed by atoms with Gasteiger partial charge in [0.25, 0.3) is 0 Å². The lowest BCUT2D eigenvalue weighted by Crippen LogP contribution is -2.36. The van der Waals surface area contributed by atoms with Gasteiger partial charge < -0.3 is 5.32 Å². The number of anilines is 1. The van der Waals surface area contributed by atoms with Crippen LogP contribution in [0.5, 0.6) is 0 Å². The standard InChI is InChI=1S/C15H15FN2O/c1-18(14-9-5-8-13(16)10-14)15(19)17-11-12-6-3-2-4-7-12/h2-10H,11H2,1H3,(H,17,19). The molecule has 0 aliphatic rings. The minimum absolute atomic E-state index is 0.269. The zero-order valence-corrected chi connectivity index (χ0v) is 10.6. The molecule has 1 N–H and O–H groups in total. The molecule has 0 aromatic heterocycles. The van der Waals surface area contributed by atoms with Crippen LogP contribution in [0.15, 0.2) is 54.6 Å². The largest absolute Gasteiger partial charge is 0.334 e. The van der Waals surface area contributed by atoms with E-state index in [9.17, 15) is 9.18 Å². The van der Waals surface area contributed by atoms with Gasteiger partial charge in [0.2, 0.25) is 0 Å². The number of amides is 2. The first-order chi connectivity index (χ1) is 9.16. The molecular formula is C15H15FN2O. The van der Waals surface area contributed by atoms with Crippen LogP contribution >= 0.6 is 0 Å². The normalized spacial score (nSPS) is 10.0. The Balaban J connectivity index is 1.96. The molecule has 0 atom stereocenters. The third kappa shape index (κ3) is 3.55. The third-order valence-electron chi connectivity index (χ3n) is 2.79. The summed E-state index contributed by atoms with van der Waals surface area (Å²) in [5.74, 6) is -0.361. The summed E-state index contributed by atoms with van der Waals surface area (Å²) in [5.41, 5.74) is 1.54. The number of nitrogens with one attached hydrogen (secondary N) is 1. The summed E-state index contributed by atoms with van der Waals surface area (Å²) in [4.78, 5) is 13.3. The van der Waals surface area contributed by atoms with Gasteiger partial charge in [-0.05, 0) is 23.8 Å². The van der Waals surface area contributed by atoms with Crippen molar-refractivity contribution < 1.29 is 9.18 Å². The van der Waals surface area contributed by atoms with Crippen molar-refractivity contribution in [1.29, 1.82) is 0 Å². The van der Waals surface area contributed by atoms with Crippen molar-refractivity contribution in [3.63, 3.8) is 0 Å². The van der Waals surface area contributed by atoms with Crippen molar-refractivity contribution in [3.05, 3.63) is 66.0 Å². The Labute approximate surface area is 111 Å². The maximum Gasteiger partial charge on any atom is 0.321 e. The summed E-state index contributed by atoms with van der Waals surface area (Å²) in [5, 5.41) is 2.78. The molecule has 3 nitrogen and oxygen atoms in total. The fourth-order valence-electron chi connectivity index (χ4n) is 1.69. The maximum absolute atomic E-state index is 13.1. The topological polar surface area (TPSA) is 32.3 Å². The second-order valence-corrected chi connectivity index (χ2v) is 4.18. The van der Waals surface area contributed by atoms with Gasteiger partial charge in [-0.2, -0.15) is 0 Å². The molecule has 2 amide bonds. The van der Waals surface area contributed by atoms with Gasteiger partial charge in [0.15, 0.2) is 0 Å². The van der Waals surface area contributed by atoms with Gasteiger partial charge in [-0.3, -0.25) is 4.90 Å². The first-order valence-corrected chi connectivity index (χ1v) is 5.98. The summed E-state index contributed by atoms with van der Waals surface area (Å²) in [6, 6.07) is 15.3. The van der Waals surface area contributed by atoms with Crippen LogP contribution < -0.4 is 10.2 Å². The van der Waals surface area contributed by atoms with Crippen LogP contribution in [0.25, 0.3) is 0 Å². The summed E-state index contributed by atoms with van der Waals surface area (Å²) in [6.45, 7) is 0.444. The molecular weight excluding hydrogens is 243 g/mol. The minimum atomic E-state index is -0.361. The van der Waals surface area contributed by atoms with Crippen LogP contribution in [0.3, 0.4) is 0 Å². The number of urea groups is 1. The molecule has 0 unspecified atom stereocenters. The summed E-state index contributed by atoms with van der Waals surface area (Å²) >= 11 is 0. The van der Waals surface area contributed by atoms with Crippen LogP contribution in [-0.2, 0) is 6.54 Å². The van der Waals surface area contributed by atoms with Crippen LogP contribution in [0.2, 0.25) is 0 Å². The third-order valence-corrected chi connectivity index (χ3v) is 2.79. The molecule has 2 aromatic carbocycles. The van der Waals surface area contributed by atoms with Crippen molar-refractivity contribution in [2.45, 2.75) is 6.54 Å². The van der Waals surface area contributed by atoms with Gasteiger partial charge in [-0.15, -0.1) is 0 Å². The van der Waals surface area contributed by atoms with Gasteiger partial charge in [-0.25, -0.2) is 9.18 Å². The number of benzene rings is 2. The van der Waals surface area contributed by atoms with E-state index in [-0.39, 0.29) is 11.8 Å². The van der Waals surface area contributed by atoms with E-state index in [0.29, 0.717) is 12.2 Å². The lowest BCUT2D eigenvalue weighted by atomic mass is 10.2. The smallest absolute Gasteiger partial charge is 0.321 e. The number of carbonyl (C=O) groups is 1. The SMILES string of the molecule is CN(C(=O)NCc1ccccc1)c1cccc(F)c1. The lowest BCUT2D eigenvalue weighted by Gasteiger charge is -2.18. The number of carbonyl (C=O) groups excluding carboxylic acids is 1. The van der Waals surface area contributed by atoms with Crippen LogP contribution in [0.1, 0.15) is 5.56 Å². The Morgan fingerprint density at radius 2 is 1.89 bits per heavy atom. The second kappa shape index (κ2) is 6.00. The second-order valence-electron chi connectivity index (χ2n) is 4.18. The zero-order chi connectivity index (χ0) is 13.7. The zero-order valence-electron chi connectivity index (χ0n) is 10.6. The predicted octanol–water partition coefficient (Wildman–Crippen LogP) is 3.17. The Hall–Kier alpha value is -2.36. The Morgan fingerprint density at radius 3 is 2.58 bits per heavy atom. The average Bonchev–Trinajstić information content (AvgIpc) is 2.45. The summed E-state index contributed by atoms with van der Waals surface area (Å²) in [6.07, 6.45) is 0. The molecule has 98 valence electrons. The molecule has 0 heterocycles.